The molecule has 0 aliphatic carbocycles. The number of aromatic nitrogens is 1. The van der Waals surface area contributed by atoms with Crippen molar-refractivity contribution in [1.82, 2.24) is 15.2 Å². The first kappa shape index (κ1) is 8.47. The summed E-state index contributed by atoms with van der Waals surface area (Å²) in [5.41, 5.74) is 0.0138. The SMILES string of the molecule is O=c1ccccn1C1CNCC[N]1. The van der Waals surface area contributed by atoms with E-state index in [2.05, 4.69) is 10.6 Å². The second-order valence-electron chi connectivity index (χ2n) is 3.04. The third-order valence-corrected chi connectivity index (χ3v) is 2.13. The van der Waals surface area contributed by atoms with Crippen LogP contribution in [0.3, 0.4) is 0 Å². The van der Waals surface area contributed by atoms with Crippen molar-refractivity contribution in [1.29, 1.82) is 0 Å². The Morgan fingerprint density at radius 2 is 2.46 bits per heavy atom. The number of piperazine rings is 1. The normalized spacial score (nSPS) is 22.9. The lowest BCUT2D eigenvalue weighted by atomic mass is 10.3. The van der Waals surface area contributed by atoms with Crippen LogP contribution in [0.2, 0.25) is 0 Å². The third-order valence-electron chi connectivity index (χ3n) is 2.13. The van der Waals surface area contributed by atoms with Crippen LogP contribution < -0.4 is 16.2 Å². The summed E-state index contributed by atoms with van der Waals surface area (Å²) in [6.45, 7) is 2.45. The standard InChI is InChI=1S/C9H12N3O/c13-9-3-1-2-6-12(9)8-7-10-4-5-11-8/h1-3,6,8,10H,4-5,7H2. The van der Waals surface area contributed by atoms with Crippen LogP contribution in [0.15, 0.2) is 29.2 Å². The van der Waals surface area contributed by atoms with E-state index in [0.29, 0.717) is 0 Å². The summed E-state index contributed by atoms with van der Waals surface area (Å²) in [6, 6.07) is 5.16. The van der Waals surface area contributed by atoms with Crippen molar-refractivity contribution >= 4 is 0 Å². The Bertz CT molecular complexity index is 328. The van der Waals surface area contributed by atoms with E-state index in [1.807, 2.05) is 6.07 Å². The summed E-state index contributed by atoms with van der Waals surface area (Å²) in [5, 5.41) is 7.57. The predicted octanol–water partition coefficient (Wildman–Crippen LogP) is -0.446. The maximum atomic E-state index is 11.4. The molecule has 1 N–H and O–H groups in total. The third kappa shape index (κ3) is 1.79. The molecule has 4 heteroatoms. The largest absolute Gasteiger partial charge is 0.312 e. The zero-order valence-electron chi connectivity index (χ0n) is 7.31. The second-order valence-corrected chi connectivity index (χ2v) is 3.04. The number of nitrogens with zero attached hydrogens (tertiary/aromatic N) is 2. The molecule has 1 aliphatic rings. The van der Waals surface area contributed by atoms with Gasteiger partial charge in [-0.05, 0) is 6.07 Å². The van der Waals surface area contributed by atoms with Crippen LogP contribution in [-0.2, 0) is 0 Å². The topological polar surface area (TPSA) is 48.1 Å². The molecule has 0 saturated carbocycles. The minimum atomic E-state index is -0.0255. The van der Waals surface area contributed by atoms with Gasteiger partial charge in [0.25, 0.3) is 5.56 Å². The summed E-state index contributed by atoms with van der Waals surface area (Å²) in [4.78, 5) is 11.4. The maximum absolute atomic E-state index is 11.4. The molecule has 1 aromatic rings. The van der Waals surface area contributed by atoms with Gasteiger partial charge in [0.2, 0.25) is 0 Å². The van der Waals surface area contributed by atoms with Crippen molar-refractivity contribution in [3.63, 3.8) is 0 Å². The van der Waals surface area contributed by atoms with Crippen LogP contribution in [0, 0.1) is 0 Å². The molecule has 1 unspecified atom stereocenters. The van der Waals surface area contributed by atoms with Crippen molar-refractivity contribution in [2.45, 2.75) is 6.17 Å². The zero-order chi connectivity index (χ0) is 9.10. The predicted molar refractivity (Wildman–Crippen MR) is 49.6 cm³/mol. The highest BCUT2D eigenvalue weighted by atomic mass is 16.1. The molecule has 0 bridgehead atoms. The summed E-state index contributed by atoms with van der Waals surface area (Å²) in [5.74, 6) is 0. The minimum Gasteiger partial charge on any atom is -0.312 e. The first-order valence-electron chi connectivity index (χ1n) is 4.42. The minimum absolute atomic E-state index is 0.0138. The lowest BCUT2D eigenvalue weighted by molar-refractivity contribution is 0.324. The maximum Gasteiger partial charge on any atom is 0.251 e. The molecule has 0 aromatic carbocycles. The molecule has 1 saturated heterocycles. The summed E-state index contributed by atoms with van der Waals surface area (Å²) >= 11 is 0. The highest BCUT2D eigenvalue weighted by Gasteiger charge is 2.14. The first-order valence-corrected chi connectivity index (χ1v) is 4.42. The Morgan fingerprint density at radius 3 is 3.15 bits per heavy atom. The van der Waals surface area contributed by atoms with Crippen molar-refractivity contribution in [3.8, 4) is 0 Å². The van der Waals surface area contributed by atoms with Gasteiger partial charge < -0.3 is 5.32 Å². The van der Waals surface area contributed by atoms with E-state index < -0.39 is 0 Å². The highest BCUT2D eigenvalue weighted by molar-refractivity contribution is 4.95. The van der Waals surface area contributed by atoms with Gasteiger partial charge in [0, 0.05) is 31.9 Å². The first-order chi connectivity index (χ1) is 6.38. The quantitative estimate of drug-likeness (QED) is 0.633. The molecule has 1 fully saturated rings. The summed E-state index contributed by atoms with van der Waals surface area (Å²) in [6.07, 6.45) is 1.76. The van der Waals surface area contributed by atoms with Gasteiger partial charge in [0.05, 0.1) is 0 Å². The molecule has 13 heavy (non-hydrogen) atoms. The Hall–Kier alpha value is -1.13. The molecule has 2 heterocycles. The Balaban J connectivity index is 2.24. The smallest absolute Gasteiger partial charge is 0.251 e. The Kier molecular flexibility index (Phi) is 2.42. The number of hydrogen-bond donors (Lipinski definition) is 1. The number of hydrogen-bond acceptors (Lipinski definition) is 2. The molecule has 4 nitrogen and oxygen atoms in total. The van der Waals surface area contributed by atoms with E-state index in [9.17, 15) is 4.79 Å². The van der Waals surface area contributed by atoms with Crippen LogP contribution in [0.4, 0.5) is 0 Å². The molecule has 1 atom stereocenters. The molecule has 1 aromatic heterocycles. The second kappa shape index (κ2) is 3.72. The van der Waals surface area contributed by atoms with Crippen LogP contribution in [0.1, 0.15) is 6.17 Å². The van der Waals surface area contributed by atoms with Crippen LogP contribution >= 0.6 is 0 Å². The molecule has 2 rings (SSSR count). The van der Waals surface area contributed by atoms with Gasteiger partial charge >= 0.3 is 0 Å². The van der Waals surface area contributed by atoms with E-state index in [0.717, 1.165) is 19.6 Å². The van der Waals surface area contributed by atoms with Crippen molar-refractivity contribution in [3.05, 3.63) is 34.7 Å². The summed E-state index contributed by atoms with van der Waals surface area (Å²) in [7, 11) is 0. The van der Waals surface area contributed by atoms with E-state index in [4.69, 9.17) is 0 Å². The fourth-order valence-electron chi connectivity index (χ4n) is 1.46. The molecular weight excluding hydrogens is 166 g/mol. The fraction of sp³-hybridized carbons (Fsp3) is 0.444. The van der Waals surface area contributed by atoms with Gasteiger partial charge in [0.15, 0.2) is 0 Å². The van der Waals surface area contributed by atoms with E-state index in [1.54, 1.807) is 22.9 Å². The molecular formula is C9H12N3O. The van der Waals surface area contributed by atoms with Crippen LogP contribution in [0.5, 0.6) is 0 Å². The van der Waals surface area contributed by atoms with Crippen LogP contribution in [-0.4, -0.2) is 24.2 Å². The zero-order valence-corrected chi connectivity index (χ0v) is 7.31. The molecule has 0 spiro atoms. The highest BCUT2D eigenvalue weighted by Crippen LogP contribution is 2.01. The molecule has 1 radical (unpaired) electrons. The van der Waals surface area contributed by atoms with Gasteiger partial charge in [-0.2, -0.15) is 0 Å². The molecule has 1 aliphatic heterocycles. The van der Waals surface area contributed by atoms with Gasteiger partial charge in [-0.1, -0.05) is 6.07 Å². The fourth-order valence-corrected chi connectivity index (χ4v) is 1.46. The Morgan fingerprint density at radius 1 is 1.54 bits per heavy atom. The van der Waals surface area contributed by atoms with Crippen molar-refractivity contribution < 1.29 is 0 Å². The van der Waals surface area contributed by atoms with E-state index in [1.165, 1.54) is 0 Å². The number of nitrogens with one attached hydrogen (secondary N) is 1. The lowest BCUT2D eigenvalue weighted by Crippen LogP contribution is -2.44. The average Bonchev–Trinajstić information content (AvgIpc) is 2.20. The number of rotatable bonds is 1. The van der Waals surface area contributed by atoms with Crippen molar-refractivity contribution in [2.75, 3.05) is 19.6 Å². The van der Waals surface area contributed by atoms with Gasteiger partial charge in [0.1, 0.15) is 6.17 Å². The van der Waals surface area contributed by atoms with E-state index in [-0.39, 0.29) is 11.7 Å². The van der Waals surface area contributed by atoms with Crippen LogP contribution in [0.25, 0.3) is 0 Å². The van der Waals surface area contributed by atoms with Gasteiger partial charge in [-0.25, -0.2) is 5.32 Å². The molecule has 0 amide bonds. The monoisotopic (exact) mass is 178 g/mol. The van der Waals surface area contributed by atoms with E-state index >= 15 is 0 Å². The van der Waals surface area contributed by atoms with Gasteiger partial charge in [-0.15, -0.1) is 0 Å². The average molecular weight is 178 g/mol. The number of pyridine rings is 1. The Labute approximate surface area is 76.6 Å². The lowest BCUT2D eigenvalue weighted by Gasteiger charge is -2.24. The molecule has 69 valence electrons. The summed E-state index contributed by atoms with van der Waals surface area (Å²) < 4.78 is 1.66. The van der Waals surface area contributed by atoms with Gasteiger partial charge in [-0.3, -0.25) is 9.36 Å². The van der Waals surface area contributed by atoms with Crippen molar-refractivity contribution in [2.24, 2.45) is 0 Å².